The quantitative estimate of drug-likeness (QED) is 0.326. The third-order valence-electron chi connectivity index (χ3n) is 5.47. The van der Waals surface area contributed by atoms with E-state index in [-0.39, 0.29) is 42.3 Å². The van der Waals surface area contributed by atoms with Crippen LogP contribution >= 0.6 is 24.0 Å². The topological polar surface area (TPSA) is 69.6 Å². The monoisotopic (exact) mass is 549 g/mol. The molecule has 1 amide bonds. The minimum atomic E-state index is -0.257. The lowest BCUT2D eigenvalue weighted by atomic mass is 10.1. The van der Waals surface area contributed by atoms with E-state index in [1.54, 1.807) is 20.2 Å². The summed E-state index contributed by atoms with van der Waals surface area (Å²) in [6.45, 7) is 7.11. The van der Waals surface area contributed by atoms with Gasteiger partial charge >= 0.3 is 0 Å². The van der Waals surface area contributed by atoms with Gasteiger partial charge in [-0.2, -0.15) is 0 Å². The number of aliphatic imine (C=N–C) groups is 1. The highest BCUT2D eigenvalue weighted by molar-refractivity contribution is 14.0. The van der Waals surface area contributed by atoms with Crippen molar-refractivity contribution in [2.75, 3.05) is 73.2 Å². The smallest absolute Gasteiger partial charge is 0.236 e. The molecule has 3 rings (SSSR count). The molecule has 0 atom stereocenters. The number of nitrogens with one attached hydrogen (secondary N) is 1. The predicted molar refractivity (Wildman–Crippen MR) is 128 cm³/mol. The first-order valence-electron chi connectivity index (χ1n) is 10.4. The fourth-order valence-electron chi connectivity index (χ4n) is 3.74. The van der Waals surface area contributed by atoms with Crippen LogP contribution in [0.15, 0.2) is 23.2 Å². The molecule has 31 heavy (non-hydrogen) atoms. The Kier molecular flexibility index (Phi) is 10.9. The molecule has 2 saturated heterocycles. The highest BCUT2D eigenvalue weighted by atomic mass is 127. The van der Waals surface area contributed by atoms with E-state index in [9.17, 15) is 9.18 Å². The van der Waals surface area contributed by atoms with Crippen molar-refractivity contribution >= 4 is 35.8 Å². The summed E-state index contributed by atoms with van der Waals surface area (Å²) in [5, 5.41) is 3.36. The molecule has 0 aliphatic carbocycles. The third-order valence-corrected chi connectivity index (χ3v) is 5.47. The maximum Gasteiger partial charge on any atom is 0.236 e. The zero-order valence-corrected chi connectivity index (χ0v) is 20.6. The minimum Gasteiger partial charge on any atom is -0.380 e. The van der Waals surface area contributed by atoms with Crippen LogP contribution in [-0.2, 0) is 27.4 Å². The van der Waals surface area contributed by atoms with Gasteiger partial charge in [0.25, 0.3) is 0 Å². The number of carbonyl (C=O) groups excluding carboxylic acids is 1. The van der Waals surface area contributed by atoms with E-state index in [1.165, 1.54) is 6.07 Å². The summed E-state index contributed by atoms with van der Waals surface area (Å²) in [5.41, 5.74) is 1.52. The molecule has 0 bridgehead atoms. The average molecular weight is 549 g/mol. The van der Waals surface area contributed by atoms with Gasteiger partial charge in [-0.3, -0.25) is 14.7 Å². The van der Waals surface area contributed by atoms with Crippen LogP contribution in [0.4, 0.5) is 4.39 Å². The second-order valence-electron chi connectivity index (χ2n) is 7.52. The summed E-state index contributed by atoms with van der Waals surface area (Å²) >= 11 is 0. The second kappa shape index (κ2) is 13.1. The van der Waals surface area contributed by atoms with Gasteiger partial charge in [0.05, 0.1) is 26.4 Å². The van der Waals surface area contributed by atoms with Crippen LogP contribution in [0.25, 0.3) is 0 Å². The maximum absolute atomic E-state index is 13.8. The lowest BCUT2D eigenvalue weighted by Gasteiger charge is -2.37. The lowest BCUT2D eigenvalue weighted by molar-refractivity contribution is -0.136. The van der Waals surface area contributed by atoms with E-state index in [0.29, 0.717) is 45.0 Å². The van der Waals surface area contributed by atoms with Crippen LogP contribution < -0.4 is 5.32 Å². The van der Waals surface area contributed by atoms with Gasteiger partial charge in [-0.15, -0.1) is 24.0 Å². The van der Waals surface area contributed by atoms with Crippen LogP contribution in [0.3, 0.4) is 0 Å². The van der Waals surface area contributed by atoms with Crippen LogP contribution in [-0.4, -0.2) is 99.8 Å². The number of hydrogen-bond acceptors (Lipinski definition) is 5. The number of rotatable bonds is 6. The van der Waals surface area contributed by atoms with Gasteiger partial charge in [0.15, 0.2) is 5.96 Å². The Morgan fingerprint density at radius 3 is 2.52 bits per heavy atom. The maximum atomic E-state index is 13.8. The van der Waals surface area contributed by atoms with Crippen molar-refractivity contribution in [3.8, 4) is 0 Å². The Balaban J connectivity index is 0.00000341. The van der Waals surface area contributed by atoms with E-state index < -0.39 is 0 Å². The van der Waals surface area contributed by atoms with E-state index >= 15 is 0 Å². The molecule has 174 valence electrons. The second-order valence-corrected chi connectivity index (χ2v) is 7.52. The summed E-state index contributed by atoms with van der Waals surface area (Å²) in [7, 11) is 3.32. The fourth-order valence-corrected chi connectivity index (χ4v) is 3.74. The molecule has 1 aromatic rings. The molecular weight excluding hydrogens is 516 g/mol. The molecule has 2 heterocycles. The highest BCUT2D eigenvalue weighted by Gasteiger charge is 2.24. The first-order valence-corrected chi connectivity index (χ1v) is 10.4. The van der Waals surface area contributed by atoms with Gasteiger partial charge < -0.3 is 24.6 Å². The zero-order chi connectivity index (χ0) is 21.3. The first-order chi connectivity index (χ1) is 14.6. The van der Waals surface area contributed by atoms with Crippen LogP contribution in [0.1, 0.15) is 11.1 Å². The van der Waals surface area contributed by atoms with Gasteiger partial charge in [-0.1, -0.05) is 6.07 Å². The molecule has 1 N–H and O–H groups in total. The van der Waals surface area contributed by atoms with Crippen molar-refractivity contribution in [3.05, 3.63) is 35.1 Å². The number of methoxy groups -OCH3 is 1. The van der Waals surface area contributed by atoms with Crippen molar-refractivity contribution in [1.29, 1.82) is 0 Å². The van der Waals surface area contributed by atoms with Gasteiger partial charge in [0.1, 0.15) is 5.82 Å². The number of piperazine rings is 1. The molecular formula is C21H33FIN5O3. The molecule has 2 fully saturated rings. The zero-order valence-electron chi connectivity index (χ0n) is 18.3. The highest BCUT2D eigenvalue weighted by Crippen LogP contribution is 2.12. The minimum absolute atomic E-state index is 0. The fraction of sp³-hybridized carbons (Fsp3) is 0.619. The van der Waals surface area contributed by atoms with E-state index in [4.69, 9.17) is 9.47 Å². The Hall–Kier alpha value is -1.50. The van der Waals surface area contributed by atoms with Crippen molar-refractivity contribution in [1.82, 2.24) is 20.0 Å². The standard InChI is InChI=1S/C21H32FN5O3.HI/c1-23-21(24-14-17-3-4-19(22)18(13-17)16-29-2)27-7-5-25(6-8-27)15-20(28)26-9-11-30-12-10-26;/h3-4,13H,5-12,14-16H2,1-2H3,(H,23,24);1H. The predicted octanol–water partition coefficient (Wildman–Crippen LogP) is 1.14. The Labute approximate surface area is 200 Å². The van der Waals surface area contributed by atoms with Crippen molar-refractivity contribution in [3.63, 3.8) is 0 Å². The number of morpholine rings is 1. The molecule has 1 aromatic carbocycles. The Bertz CT molecular complexity index is 738. The number of nitrogens with zero attached hydrogens (tertiary/aromatic N) is 4. The molecule has 0 radical (unpaired) electrons. The van der Waals surface area contributed by atoms with Crippen molar-refractivity contribution in [2.45, 2.75) is 13.2 Å². The number of amides is 1. The van der Waals surface area contributed by atoms with Gasteiger partial charge in [0.2, 0.25) is 5.91 Å². The Morgan fingerprint density at radius 1 is 1.16 bits per heavy atom. The molecule has 10 heteroatoms. The number of ether oxygens (including phenoxy) is 2. The van der Waals surface area contributed by atoms with E-state index in [0.717, 1.165) is 37.7 Å². The summed E-state index contributed by atoms with van der Waals surface area (Å²) in [4.78, 5) is 23.1. The van der Waals surface area contributed by atoms with Crippen LogP contribution in [0.5, 0.6) is 0 Å². The molecule has 0 saturated carbocycles. The normalized spacial score (nSPS) is 18.0. The Morgan fingerprint density at radius 2 is 1.87 bits per heavy atom. The molecule has 8 nitrogen and oxygen atoms in total. The SMILES string of the molecule is CN=C(NCc1ccc(F)c(COC)c1)N1CCN(CC(=O)N2CCOCC2)CC1.I. The van der Waals surface area contributed by atoms with Crippen LogP contribution in [0.2, 0.25) is 0 Å². The third kappa shape index (κ3) is 7.55. The molecule has 2 aliphatic heterocycles. The van der Waals surface area contributed by atoms with Gasteiger partial charge in [-0.25, -0.2) is 4.39 Å². The summed E-state index contributed by atoms with van der Waals surface area (Å²) in [6.07, 6.45) is 0. The largest absolute Gasteiger partial charge is 0.380 e. The van der Waals surface area contributed by atoms with E-state index in [2.05, 4.69) is 20.1 Å². The van der Waals surface area contributed by atoms with Crippen molar-refractivity contribution < 1.29 is 18.7 Å². The average Bonchev–Trinajstić information content (AvgIpc) is 2.78. The number of benzene rings is 1. The van der Waals surface area contributed by atoms with Crippen LogP contribution in [0, 0.1) is 5.82 Å². The molecule has 0 aromatic heterocycles. The number of halogens is 2. The number of hydrogen-bond donors (Lipinski definition) is 1. The van der Waals surface area contributed by atoms with Crippen molar-refractivity contribution in [2.24, 2.45) is 4.99 Å². The summed E-state index contributed by atoms with van der Waals surface area (Å²) in [6, 6.07) is 5.05. The van der Waals surface area contributed by atoms with E-state index in [1.807, 2.05) is 11.0 Å². The summed E-state index contributed by atoms with van der Waals surface area (Å²) < 4.78 is 24.2. The molecule has 0 spiro atoms. The van der Waals surface area contributed by atoms with Gasteiger partial charge in [0, 0.05) is 65.5 Å². The van der Waals surface area contributed by atoms with Gasteiger partial charge in [-0.05, 0) is 17.7 Å². The number of carbonyl (C=O) groups is 1. The summed E-state index contributed by atoms with van der Waals surface area (Å²) in [5.74, 6) is 0.733. The number of guanidine groups is 1. The first kappa shape index (κ1) is 25.8. The molecule has 0 unspecified atom stereocenters. The molecule has 2 aliphatic rings. The lowest BCUT2D eigenvalue weighted by Crippen LogP contribution is -2.54.